The highest BCUT2D eigenvalue weighted by Gasteiger charge is 2.39. The van der Waals surface area contributed by atoms with Crippen molar-refractivity contribution in [2.45, 2.75) is 192 Å². The van der Waals surface area contributed by atoms with E-state index >= 15 is 0 Å². The molecule has 3 atom stereocenters. The molecule has 1 aliphatic heterocycles. The lowest BCUT2D eigenvalue weighted by molar-refractivity contribution is -0.138. The predicted molar refractivity (Wildman–Crippen MR) is 371 cm³/mol. The molecule has 0 spiro atoms. The summed E-state index contributed by atoms with van der Waals surface area (Å²) in [5.74, 6) is -1.98. The van der Waals surface area contributed by atoms with E-state index in [4.69, 9.17) is 62.6 Å². The minimum atomic E-state index is -0.978. The first kappa shape index (κ1) is 92.9. The number of primary amides is 1. The van der Waals surface area contributed by atoms with Crippen LogP contribution >= 0.6 is 11.8 Å². The quantitative estimate of drug-likeness (QED) is 0.0429. The van der Waals surface area contributed by atoms with Crippen molar-refractivity contribution in [3.63, 3.8) is 0 Å². The van der Waals surface area contributed by atoms with Gasteiger partial charge in [-0.1, -0.05) is 85.0 Å². The Balaban J connectivity index is 0.00000195. The van der Waals surface area contributed by atoms with Crippen LogP contribution in [0, 0.1) is 0 Å². The Labute approximate surface area is 584 Å². The van der Waals surface area contributed by atoms with Crippen molar-refractivity contribution in [2.24, 2.45) is 5.73 Å². The lowest BCUT2D eigenvalue weighted by Crippen LogP contribution is -2.49. The molecule has 28 heteroatoms. The number of ketones is 3. The van der Waals surface area contributed by atoms with Gasteiger partial charge in [0.25, 0.3) is 0 Å². The van der Waals surface area contributed by atoms with Crippen LogP contribution in [-0.2, 0) is 100.0 Å². The topological polar surface area (TPSA) is 333 Å². The van der Waals surface area contributed by atoms with Crippen molar-refractivity contribution in [2.75, 3.05) is 199 Å². The molecular formula is C69H128N6O21S. The third-order valence-electron chi connectivity index (χ3n) is 14.8. The highest BCUT2D eigenvalue weighted by Crippen LogP contribution is 2.26. The third kappa shape index (κ3) is 60.4. The fraction of sp³-hybridized carbons (Fsp3) is 0.870. The number of likely N-dealkylation sites (tertiary alicyclic amines) is 1. The van der Waals surface area contributed by atoms with Gasteiger partial charge >= 0.3 is 0 Å². The molecule has 0 aromatic carbocycles. The fourth-order valence-electron chi connectivity index (χ4n) is 9.20. The first-order chi connectivity index (χ1) is 47.1. The van der Waals surface area contributed by atoms with Crippen molar-refractivity contribution < 1.29 is 100.0 Å². The van der Waals surface area contributed by atoms with E-state index in [0.717, 1.165) is 56.5 Å². The van der Waals surface area contributed by atoms with Gasteiger partial charge in [-0.2, -0.15) is 0 Å². The molecule has 97 heavy (non-hydrogen) atoms. The van der Waals surface area contributed by atoms with E-state index in [1.807, 2.05) is 19.0 Å². The second-order valence-electron chi connectivity index (χ2n) is 23.6. The number of nitrogens with one attached hydrogen (secondary N) is 3. The zero-order valence-corrected chi connectivity index (χ0v) is 61.1. The minimum absolute atomic E-state index is 0.00110. The number of Topliss-reactive ketones (excluding diaryl/α,β-unsaturated/α-hetero) is 3. The van der Waals surface area contributed by atoms with E-state index in [1.165, 1.54) is 50.3 Å². The Morgan fingerprint density at radius 1 is 0.485 bits per heavy atom. The number of carbonyl (C=O) groups excluding carboxylic acids is 9. The first-order valence-corrected chi connectivity index (χ1v) is 36.8. The van der Waals surface area contributed by atoms with Crippen molar-refractivity contribution in [1.82, 2.24) is 25.8 Å². The molecule has 1 aliphatic rings. The summed E-state index contributed by atoms with van der Waals surface area (Å²) < 4.78 is 64.5. The van der Waals surface area contributed by atoms with Crippen LogP contribution in [0.1, 0.15) is 175 Å². The standard InChI is InChI=1S/C36H64N4O13S.C33H64N2O8/c1-5-29(41)27-31(35(45)37-10-12-39(2)3)38-33(43)9-26-54-32-28-34(44)40(36(32)46)11-8-30(42)7-6-13-48-16-17-50-20-21-52-24-25-53-23-22-51-19-18-49-15-14-47-4;1-3-5-6-7-8-9-10-11-15-18-32(37)35-31(33(34)38)17-14-12-13-16-30(36)19-21-40-23-25-42-27-29-43-28-26-41-24-22-39-20-4-2/h31-32H,5-28H2,1-4H3,(H,37,45)(H,38,43);31H,3-29H2,1-2H3,(H2,34,38)(H,35,37). The molecule has 1 saturated heterocycles. The van der Waals surface area contributed by atoms with Gasteiger partial charge in [0.05, 0.1) is 144 Å². The van der Waals surface area contributed by atoms with Gasteiger partial charge in [0.15, 0.2) is 0 Å². The largest absolute Gasteiger partial charge is 0.382 e. The van der Waals surface area contributed by atoms with Crippen molar-refractivity contribution in [3.05, 3.63) is 0 Å². The summed E-state index contributed by atoms with van der Waals surface area (Å²) in [6.07, 6.45) is 16.9. The summed E-state index contributed by atoms with van der Waals surface area (Å²) in [4.78, 5) is 114. The van der Waals surface area contributed by atoms with Crippen LogP contribution in [0.15, 0.2) is 0 Å². The molecule has 1 heterocycles. The maximum atomic E-state index is 12.9. The maximum absolute atomic E-state index is 12.9. The monoisotopic (exact) mass is 1410 g/mol. The molecule has 1 fully saturated rings. The number of ether oxygens (including phenoxy) is 12. The Morgan fingerprint density at radius 2 is 0.918 bits per heavy atom. The van der Waals surface area contributed by atoms with E-state index in [0.29, 0.717) is 191 Å². The Kier molecular flexibility index (Phi) is 66.0. The average molecular weight is 1410 g/mol. The number of nitrogens with two attached hydrogens (primary N) is 1. The second-order valence-corrected chi connectivity index (χ2v) is 24.9. The lowest BCUT2D eigenvalue weighted by Gasteiger charge is -2.19. The number of hydrogen-bond donors (Lipinski definition) is 4. The first-order valence-electron chi connectivity index (χ1n) is 35.7. The second kappa shape index (κ2) is 69.0. The smallest absolute Gasteiger partial charge is 0.243 e. The Hall–Kier alpha value is -4.14. The molecule has 0 saturated carbocycles. The van der Waals surface area contributed by atoms with Crippen LogP contribution < -0.4 is 21.7 Å². The summed E-state index contributed by atoms with van der Waals surface area (Å²) in [6.45, 7) is 18.4. The van der Waals surface area contributed by atoms with Gasteiger partial charge in [0.2, 0.25) is 35.4 Å². The van der Waals surface area contributed by atoms with Crippen LogP contribution in [0.3, 0.4) is 0 Å². The summed E-state index contributed by atoms with van der Waals surface area (Å²) >= 11 is 1.19. The lowest BCUT2D eigenvalue weighted by atomic mass is 10.0. The summed E-state index contributed by atoms with van der Waals surface area (Å²) in [5, 5.41) is 7.53. The van der Waals surface area contributed by atoms with Gasteiger partial charge in [-0.05, 0) is 46.2 Å². The van der Waals surface area contributed by atoms with Crippen molar-refractivity contribution in [1.29, 1.82) is 0 Å². The normalized spacial score (nSPS) is 13.6. The van der Waals surface area contributed by atoms with Gasteiger partial charge in [0, 0.05) is 103 Å². The zero-order valence-electron chi connectivity index (χ0n) is 60.2. The minimum Gasteiger partial charge on any atom is -0.382 e. The molecule has 3 unspecified atom stereocenters. The Bertz CT molecular complexity index is 2000. The third-order valence-corrected chi connectivity index (χ3v) is 16.0. The van der Waals surface area contributed by atoms with E-state index in [2.05, 4.69) is 29.8 Å². The van der Waals surface area contributed by atoms with Gasteiger partial charge in [0.1, 0.15) is 29.4 Å². The van der Waals surface area contributed by atoms with Crippen molar-refractivity contribution in [3.8, 4) is 0 Å². The molecule has 5 N–H and O–H groups in total. The van der Waals surface area contributed by atoms with Gasteiger partial charge in [-0.3, -0.25) is 48.1 Å². The fourth-order valence-corrected chi connectivity index (χ4v) is 10.3. The zero-order chi connectivity index (χ0) is 71.5. The van der Waals surface area contributed by atoms with Crippen LogP contribution in [-0.4, -0.2) is 278 Å². The van der Waals surface area contributed by atoms with E-state index in [1.54, 1.807) is 14.0 Å². The number of amides is 6. The summed E-state index contributed by atoms with van der Waals surface area (Å²) in [5.41, 5.74) is 5.50. The van der Waals surface area contributed by atoms with Crippen molar-refractivity contribution >= 4 is 64.6 Å². The van der Waals surface area contributed by atoms with Crippen LogP contribution in [0.25, 0.3) is 0 Å². The highest BCUT2D eigenvalue weighted by molar-refractivity contribution is 8.00. The number of hydrogen-bond acceptors (Lipinski definition) is 23. The number of thioether (sulfide) groups is 1. The molecule has 0 radical (unpaired) electrons. The molecule has 0 aliphatic carbocycles. The number of nitrogens with zero attached hydrogens (tertiary/aromatic N) is 2. The predicted octanol–water partition coefficient (Wildman–Crippen LogP) is 5.53. The molecule has 1 rings (SSSR count). The molecule has 0 aromatic rings. The highest BCUT2D eigenvalue weighted by atomic mass is 32.2. The average Bonchev–Trinajstić information content (AvgIpc) is 1.70. The van der Waals surface area contributed by atoms with E-state index in [-0.39, 0.29) is 85.9 Å². The van der Waals surface area contributed by atoms with Crippen LogP contribution in [0.2, 0.25) is 0 Å². The van der Waals surface area contributed by atoms with Crippen LogP contribution in [0.4, 0.5) is 0 Å². The number of methoxy groups -OCH3 is 1. The van der Waals surface area contributed by atoms with E-state index in [9.17, 15) is 43.2 Å². The number of carbonyl (C=O) groups is 9. The number of imide groups is 1. The van der Waals surface area contributed by atoms with Gasteiger partial charge in [-0.25, -0.2) is 0 Å². The molecule has 0 bridgehead atoms. The van der Waals surface area contributed by atoms with Gasteiger partial charge < -0.3 is 83.4 Å². The molecular weight excluding hydrogens is 1280 g/mol. The Morgan fingerprint density at radius 3 is 1.41 bits per heavy atom. The van der Waals surface area contributed by atoms with E-state index < -0.39 is 35.1 Å². The van der Waals surface area contributed by atoms with Gasteiger partial charge in [-0.15, -0.1) is 11.8 Å². The molecule has 566 valence electrons. The molecule has 6 amide bonds. The molecule has 0 aromatic heterocycles. The summed E-state index contributed by atoms with van der Waals surface area (Å²) in [6, 6.07) is -1.62. The SMILES string of the molecule is CCC(=O)CC(NC(=O)CCSC1CC(=O)N(CCC(=O)CCCOCCOCCOCCOCCOCCOCCOC)C1=O)C(=O)NCCN(C)C.CCCCCCCCCCCC(=O)NC(CCCCCC(=O)CCOCCOCCOCCOCCOCCC)C(N)=O. The molecule has 27 nitrogen and oxygen atoms in total. The number of unbranched alkanes of at least 4 members (excludes halogenated alkanes) is 10. The number of likely N-dealkylation sites (N-methyl/N-ethyl adjacent to an activating group) is 1. The number of rotatable bonds is 72. The van der Waals surface area contributed by atoms with Crippen LogP contribution in [0.5, 0.6) is 0 Å². The summed E-state index contributed by atoms with van der Waals surface area (Å²) in [7, 11) is 5.36. The maximum Gasteiger partial charge on any atom is 0.243 e.